The Labute approximate surface area is 275 Å². The number of phosphoric ester groups is 3. The summed E-state index contributed by atoms with van der Waals surface area (Å²) in [6, 6.07) is 21.0. The van der Waals surface area contributed by atoms with E-state index in [1.807, 2.05) is 0 Å². The van der Waals surface area contributed by atoms with Crippen LogP contribution in [0.2, 0.25) is 0 Å². The largest absolute Gasteiger partial charge is 0.475 e. The van der Waals surface area contributed by atoms with Crippen molar-refractivity contribution in [1.82, 2.24) is 0 Å². The number of aliphatic hydroxyl groups is 3. The Bertz CT molecular complexity index is 1690. The second-order valence-electron chi connectivity index (χ2n) is 11.5. The maximum Gasteiger partial charge on any atom is 0.475 e. The molecule has 3 aromatic rings. The zero-order valence-corrected chi connectivity index (χ0v) is 27.9. The average Bonchev–Trinajstić information content (AvgIpc) is 3.46. The zero-order chi connectivity index (χ0) is 33.5. The van der Waals surface area contributed by atoms with Crippen molar-refractivity contribution in [2.24, 2.45) is 0 Å². The summed E-state index contributed by atoms with van der Waals surface area (Å²) in [6.45, 7) is -1.15. The van der Waals surface area contributed by atoms with Gasteiger partial charge in [0.2, 0.25) is 0 Å². The second kappa shape index (κ2) is 13.9. The van der Waals surface area contributed by atoms with Gasteiger partial charge in [-0.25, -0.2) is 13.7 Å². The van der Waals surface area contributed by atoms with Crippen LogP contribution < -0.4 is 0 Å². The first kappa shape index (κ1) is 34.3. The Morgan fingerprint density at radius 2 is 0.646 bits per heavy atom. The van der Waals surface area contributed by atoms with E-state index in [1.165, 1.54) is 0 Å². The van der Waals surface area contributed by atoms with Crippen molar-refractivity contribution in [2.45, 2.75) is 76.3 Å². The standard InChI is InChI=1S/C30H33O15P3/c31-25-26(32)29(44-47(35)39-15-21-9-3-4-10-22(21)16-40-47)30(45-48(36)41-17-23-11-5-6-12-24(23)18-42-48)27(33)28(25)43-46(34)37-13-19-7-1-2-8-20(19)14-38-46/h1-12,25-33H,13-18H2/t25-,26-,27-,28+,29+,30-/m0/s1. The molecule has 0 spiro atoms. The van der Waals surface area contributed by atoms with Crippen molar-refractivity contribution in [3.63, 3.8) is 0 Å². The summed E-state index contributed by atoms with van der Waals surface area (Å²) >= 11 is 0. The van der Waals surface area contributed by atoms with Gasteiger partial charge in [0.1, 0.15) is 36.6 Å². The number of hydrogen-bond acceptors (Lipinski definition) is 15. The smallest absolute Gasteiger partial charge is 0.387 e. The van der Waals surface area contributed by atoms with E-state index in [2.05, 4.69) is 0 Å². The fraction of sp³-hybridized carbons (Fsp3) is 0.400. The fourth-order valence-corrected chi connectivity index (χ4v) is 9.69. The summed E-state index contributed by atoms with van der Waals surface area (Å²) in [5, 5.41) is 34.2. The van der Waals surface area contributed by atoms with Crippen molar-refractivity contribution in [1.29, 1.82) is 0 Å². The van der Waals surface area contributed by atoms with Gasteiger partial charge in [-0.15, -0.1) is 0 Å². The van der Waals surface area contributed by atoms with E-state index >= 15 is 0 Å². The molecule has 0 unspecified atom stereocenters. The zero-order valence-electron chi connectivity index (χ0n) is 25.2. The highest BCUT2D eigenvalue weighted by molar-refractivity contribution is 7.49. The van der Waals surface area contributed by atoms with Gasteiger partial charge in [-0.1, -0.05) is 72.8 Å². The van der Waals surface area contributed by atoms with Crippen LogP contribution in [0.25, 0.3) is 0 Å². The molecule has 0 radical (unpaired) electrons. The first-order chi connectivity index (χ1) is 23.0. The molecule has 1 saturated carbocycles. The van der Waals surface area contributed by atoms with Crippen molar-refractivity contribution in [3.05, 3.63) is 106 Å². The van der Waals surface area contributed by atoms with E-state index in [9.17, 15) is 29.0 Å². The van der Waals surface area contributed by atoms with Crippen LogP contribution in [0.4, 0.5) is 0 Å². The van der Waals surface area contributed by atoms with Gasteiger partial charge in [0, 0.05) is 0 Å². The summed E-state index contributed by atoms with van der Waals surface area (Å²) in [6.07, 6.45) is -12.1. The number of aliphatic hydroxyl groups excluding tert-OH is 3. The molecule has 0 aromatic heterocycles. The molecule has 258 valence electrons. The normalized spacial score (nSPS) is 30.8. The highest BCUT2D eigenvalue weighted by Crippen LogP contribution is 2.60. The summed E-state index contributed by atoms with van der Waals surface area (Å²) in [5.74, 6) is 0. The first-order valence-electron chi connectivity index (χ1n) is 15.0. The molecule has 6 atom stereocenters. The second-order valence-corrected chi connectivity index (χ2v) is 16.3. The topological polar surface area (TPSA) is 195 Å². The molecule has 3 aliphatic heterocycles. The lowest BCUT2D eigenvalue weighted by Crippen LogP contribution is -2.65. The van der Waals surface area contributed by atoms with Crippen molar-refractivity contribution < 1.29 is 69.7 Å². The molecule has 3 heterocycles. The highest BCUT2D eigenvalue weighted by atomic mass is 31.2. The SMILES string of the molecule is O=P1(O[C@@H]2[C@@H](O)[C@H](O)[C@@H](OP3(=O)OCc4ccccc4CO3)[C@@H](OP3(=O)OCc4ccccc4CO3)[C@H]2O)OCc2ccccc2CO1. The summed E-state index contributed by atoms with van der Waals surface area (Å²) in [5.41, 5.74) is 4.02. The quantitative estimate of drug-likeness (QED) is 0.293. The van der Waals surface area contributed by atoms with E-state index in [4.69, 9.17) is 40.7 Å². The monoisotopic (exact) mass is 726 g/mol. The third-order valence-corrected chi connectivity index (χ3v) is 12.6. The van der Waals surface area contributed by atoms with Crippen LogP contribution in [0.5, 0.6) is 0 Å². The molecule has 4 aliphatic rings. The molecule has 48 heavy (non-hydrogen) atoms. The minimum atomic E-state index is -4.58. The number of hydrogen-bond donors (Lipinski definition) is 3. The molecule has 0 saturated heterocycles. The van der Waals surface area contributed by atoms with Crippen LogP contribution in [-0.4, -0.2) is 51.9 Å². The van der Waals surface area contributed by atoms with Crippen molar-refractivity contribution in [3.8, 4) is 0 Å². The Morgan fingerprint density at radius 3 is 0.938 bits per heavy atom. The maximum absolute atomic E-state index is 13.9. The molecule has 3 N–H and O–H groups in total. The number of rotatable bonds is 6. The highest BCUT2D eigenvalue weighted by Gasteiger charge is 2.58. The molecule has 0 bridgehead atoms. The van der Waals surface area contributed by atoms with E-state index in [-0.39, 0.29) is 39.6 Å². The van der Waals surface area contributed by atoms with Crippen LogP contribution in [0.1, 0.15) is 33.4 Å². The summed E-state index contributed by atoms with van der Waals surface area (Å²) in [7, 11) is -13.7. The van der Waals surface area contributed by atoms with Crippen LogP contribution in [0.3, 0.4) is 0 Å². The molecular weight excluding hydrogens is 693 g/mol. The van der Waals surface area contributed by atoms with Crippen LogP contribution in [0.15, 0.2) is 72.8 Å². The third-order valence-electron chi connectivity index (χ3n) is 8.40. The van der Waals surface area contributed by atoms with Gasteiger partial charge in [0.25, 0.3) is 0 Å². The van der Waals surface area contributed by atoms with Crippen LogP contribution >= 0.6 is 23.5 Å². The molecular formula is C30H33O15P3. The molecule has 7 rings (SSSR count). The van der Waals surface area contributed by atoms with E-state index in [0.717, 1.165) is 0 Å². The molecule has 18 heteroatoms. The van der Waals surface area contributed by atoms with Gasteiger partial charge in [0.15, 0.2) is 0 Å². The predicted molar refractivity (Wildman–Crippen MR) is 164 cm³/mol. The van der Waals surface area contributed by atoms with E-state index in [0.29, 0.717) is 33.4 Å². The van der Waals surface area contributed by atoms with Gasteiger partial charge in [-0.05, 0) is 33.4 Å². The van der Waals surface area contributed by atoms with E-state index < -0.39 is 60.1 Å². The molecule has 1 aliphatic carbocycles. The fourth-order valence-electron chi connectivity index (χ4n) is 5.69. The Morgan fingerprint density at radius 1 is 0.417 bits per heavy atom. The van der Waals surface area contributed by atoms with Crippen molar-refractivity contribution >= 4 is 23.5 Å². The number of fused-ring (bicyclic) bond motifs is 3. The van der Waals surface area contributed by atoms with E-state index in [1.54, 1.807) is 72.8 Å². The molecule has 1 fully saturated rings. The number of phosphoric acid groups is 3. The first-order valence-corrected chi connectivity index (χ1v) is 19.4. The molecule has 15 nitrogen and oxygen atoms in total. The Balaban J connectivity index is 1.16. The van der Waals surface area contributed by atoms with Crippen LogP contribution in [0, 0.1) is 0 Å². The predicted octanol–water partition coefficient (Wildman–Crippen LogP) is 4.80. The lowest BCUT2D eigenvalue weighted by Gasteiger charge is -2.45. The van der Waals surface area contributed by atoms with Gasteiger partial charge >= 0.3 is 23.5 Å². The molecule has 3 aromatic carbocycles. The number of benzene rings is 3. The average molecular weight is 727 g/mol. The van der Waals surface area contributed by atoms with Crippen LogP contribution in [-0.2, 0) is 94.1 Å². The van der Waals surface area contributed by atoms with Crippen molar-refractivity contribution in [2.75, 3.05) is 0 Å². The third kappa shape index (κ3) is 7.19. The van der Waals surface area contributed by atoms with Gasteiger partial charge < -0.3 is 15.3 Å². The van der Waals surface area contributed by atoms with Gasteiger partial charge in [-0.2, -0.15) is 0 Å². The summed E-state index contributed by atoms with van der Waals surface area (Å²) in [4.78, 5) is 0. The Hall–Kier alpha value is -2.13. The minimum absolute atomic E-state index is 0.182. The maximum atomic E-state index is 13.9. The van der Waals surface area contributed by atoms with Gasteiger partial charge in [-0.3, -0.25) is 40.7 Å². The minimum Gasteiger partial charge on any atom is -0.387 e. The lowest BCUT2D eigenvalue weighted by atomic mass is 9.85. The molecule has 0 amide bonds. The lowest BCUT2D eigenvalue weighted by molar-refractivity contribution is -0.215. The summed E-state index contributed by atoms with van der Waals surface area (Å²) < 4.78 is 91.5. The van der Waals surface area contributed by atoms with Gasteiger partial charge in [0.05, 0.1) is 39.6 Å². The Kier molecular flexibility index (Phi) is 9.93.